The van der Waals surface area contributed by atoms with E-state index in [1.54, 1.807) is 0 Å². The number of carbonyl (C=O) groups is 1. The highest BCUT2D eigenvalue weighted by Gasteiger charge is 2.17. The molecule has 1 fully saturated rings. The number of rotatable bonds is 3. The van der Waals surface area contributed by atoms with Crippen LogP contribution < -0.4 is 5.32 Å². The van der Waals surface area contributed by atoms with E-state index in [4.69, 9.17) is 0 Å². The first-order chi connectivity index (χ1) is 11.1. The van der Waals surface area contributed by atoms with Gasteiger partial charge >= 0.3 is 6.03 Å². The maximum atomic E-state index is 12.3. The quantitative estimate of drug-likeness (QED) is 0.941. The molecule has 0 aliphatic carbocycles. The minimum Gasteiger partial charge on any atom is -0.334 e. The number of hydrogen-bond acceptors (Lipinski definition) is 3. The Kier molecular flexibility index (Phi) is 4.91. The molecule has 0 radical (unpaired) electrons. The van der Waals surface area contributed by atoms with Crippen LogP contribution >= 0.6 is 11.8 Å². The van der Waals surface area contributed by atoms with Gasteiger partial charge in [-0.3, -0.25) is 0 Å². The SMILES string of the molecule is Cc1cc(C)n(-c2ccccc2CNC(=O)N2CCSCC2)n1. The Morgan fingerprint density at radius 2 is 2.00 bits per heavy atom. The molecule has 0 bridgehead atoms. The fraction of sp³-hybridized carbons (Fsp3) is 0.412. The molecule has 2 aromatic rings. The molecule has 0 unspecified atom stereocenters. The first-order valence-electron chi connectivity index (χ1n) is 7.87. The van der Waals surface area contributed by atoms with Crippen molar-refractivity contribution < 1.29 is 4.79 Å². The van der Waals surface area contributed by atoms with Gasteiger partial charge < -0.3 is 10.2 Å². The summed E-state index contributed by atoms with van der Waals surface area (Å²) in [6, 6.07) is 10.2. The summed E-state index contributed by atoms with van der Waals surface area (Å²) in [5, 5.41) is 7.59. The molecule has 1 aromatic carbocycles. The lowest BCUT2D eigenvalue weighted by Gasteiger charge is -2.26. The van der Waals surface area contributed by atoms with E-state index >= 15 is 0 Å². The lowest BCUT2D eigenvalue weighted by Crippen LogP contribution is -2.44. The van der Waals surface area contributed by atoms with Crippen LogP contribution in [-0.4, -0.2) is 45.3 Å². The van der Waals surface area contributed by atoms with Gasteiger partial charge in [0.1, 0.15) is 0 Å². The maximum Gasteiger partial charge on any atom is 0.317 e. The largest absolute Gasteiger partial charge is 0.334 e. The number of thioether (sulfide) groups is 1. The Bertz CT molecular complexity index is 692. The fourth-order valence-corrected chi connectivity index (χ4v) is 3.69. The van der Waals surface area contributed by atoms with E-state index < -0.39 is 0 Å². The second-order valence-electron chi connectivity index (χ2n) is 5.73. The van der Waals surface area contributed by atoms with Crippen molar-refractivity contribution in [2.24, 2.45) is 0 Å². The average molecular weight is 330 g/mol. The first kappa shape index (κ1) is 15.9. The van der Waals surface area contributed by atoms with E-state index in [1.165, 1.54) is 0 Å². The van der Waals surface area contributed by atoms with Gasteiger partial charge in [0.15, 0.2) is 0 Å². The van der Waals surface area contributed by atoms with Crippen molar-refractivity contribution in [2.75, 3.05) is 24.6 Å². The van der Waals surface area contributed by atoms with Gasteiger partial charge in [0.05, 0.1) is 11.4 Å². The molecule has 0 spiro atoms. The summed E-state index contributed by atoms with van der Waals surface area (Å²) in [5.41, 5.74) is 4.17. The van der Waals surface area contributed by atoms with Crippen molar-refractivity contribution in [3.05, 3.63) is 47.3 Å². The Balaban J connectivity index is 1.73. The minimum absolute atomic E-state index is 0.0217. The molecule has 6 heteroatoms. The molecule has 1 N–H and O–H groups in total. The van der Waals surface area contributed by atoms with Crippen molar-refractivity contribution in [2.45, 2.75) is 20.4 Å². The van der Waals surface area contributed by atoms with Crippen LogP contribution in [0.15, 0.2) is 30.3 Å². The lowest BCUT2D eigenvalue weighted by atomic mass is 10.1. The van der Waals surface area contributed by atoms with Gasteiger partial charge in [0.2, 0.25) is 0 Å². The summed E-state index contributed by atoms with van der Waals surface area (Å²) in [6.07, 6.45) is 0. The summed E-state index contributed by atoms with van der Waals surface area (Å²) in [4.78, 5) is 14.2. The Hall–Kier alpha value is -1.95. The number of nitrogens with one attached hydrogen (secondary N) is 1. The third kappa shape index (κ3) is 3.69. The Labute approximate surface area is 141 Å². The number of amides is 2. The molecule has 2 amide bonds. The Morgan fingerprint density at radius 3 is 2.70 bits per heavy atom. The molecule has 2 heterocycles. The van der Waals surface area contributed by atoms with Crippen LogP contribution in [0.25, 0.3) is 5.69 Å². The highest BCUT2D eigenvalue weighted by molar-refractivity contribution is 7.99. The zero-order chi connectivity index (χ0) is 16.2. The van der Waals surface area contributed by atoms with Gasteiger partial charge in [-0.2, -0.15) is 16.9 Å². The predicted octanol–water partition coefficient (Wildman–Crippen LogP) is 2.75. The number of urea groups is 1. The first-order valence-corrected chi connectivity index (χ1v) is 9.02. The molecule has 1 aliphatic rings. The molecule has 0 saturated carbocycles. The van der Waals surface area contributed by atoms with E-state index in [2.05, 4.69) is 16.5 Å². The Morgan fingerprint density at radius 1 is 1.26 bits per heavy atom. The molecule has 0 atom stereocenters. The van der Waals surface area contributed by atoms with Gasteiger partial charge in [-0.25, -0.2) is 9.48 Å². The molecule has 122 valence electrons. The van der Waals surface area contributed by atoms with Crippen LogP contribution in [0.2, 0.25) is 0 Å². The molecule has 1 aromatic heterocycles. The smallest absolute Gasteiger partial charge is 0.317 e. The van der Waals surface area contributed by atoms with Crippen molar-refractivity contribution in [3.8, 4) is 5.69 Å². The normalized spacial score (nSPS) is 14.8. The standard InChI is InChI=1S/C17H22N4OS/c1-13-11-14(2)21(19-13)16-6-4-3-5-15(16)12-18-17(22)20-7-9-23-10-8-20/h3-6,11H,7-10,12H2,1-2H3,(H,18,22). The lowest BCUT2D eigenvalue weighted by molar-refractivity contribution is 0.202. The fourth-order valence-electron chi connectivity index (χ4n) is 2.79. The van der Waals surface area contributed by atoms with Gasteiger partial charge in [-0.1, -0.05) is 18.2 Å². The summed E-state index contributed by atoms with van der Waals surface area (Å²) < 4.78 is 1.94. The second kappa shape index (κ2) is 7.08. The third-order valence-corrected chi connectivity index (χ3v) is 4.90. The molecule has 1 aliphatic heterocycles. The van der Waals surface area contributed by atoms with E-state index in [0.29, 0.717) is 6.54 Å². The van der Waals surface area contributed by atoms with E-state index in [-0.39, 0.29) is 6.03 Å². The van der Waals surface area contributed by atoms with Crippen molar-refractivity contribution in [1.29, 1.82) is 0 Å². The summed E-state index contributed by atoms with van der Waals surface area (Å²) in [7, 11) is 0. The molecule has 5 nitrogen and oxygen atoms in total. The number of para-hydroxylation sites is 1. The van der Waals surface area contributed by atoms with Crippen LogP contribution in [0.3, 0.4) is 0 Å². The van der Waals surface area contributed by atoms with Gasteiger partial charge in [-0.05, 0) is 31.5 Å². The van der Waals surface area contributed by atoms with Crippen LogP contribution in [0.5, 0.6) is 0 Å². The highest BCUT2D eigenvalue weighted by Crippen LogP contribution is 2.17. The molecule has 3 rings (SSSR count). The van der Waals surface area contributed by atoms with Crippen LogP contribution in [0.1, 0.15) is 17.0 Å². The maximum absolute atomic E-state index is 12.3. The molecule has 1 saturated heterocycles. The van der Waals surface area contributed by atoms with Crippen molar-refractivity contribution in [1.82, 2.24) is 20.0 Å². The summed E-state index contributed by atoms with van der Waals surface area (Å²) in [5.74, 6) is 2.05. The average Bonchev–Trinajstić information content (AvgIpc) is 2.92. The van der Waals surface area contributed by atoms with Crippen molar-refractivity contribution >= 4 is 17.8 Å². The van der Waals surface area contributed by atoms with E-state index in [1.807, 2.05) is 59.5 Å². The number of benzene rings is 1. The van der Waals surface area contributed by atoms with Crippen LogP contribution in [-0.2, 0) is 6.54 Å². The number of aromatic nitrogens is 2. The zero-order valence-corrected chi connectivity index (χ0v) is 14.4. The van der Waals surface area contributed by atoms with Gasteiger partial charge in [0, 0.05) is 36.8 Å². The summed E-state index contributed by atoms with van der Waals surface area (Å²) in [6.45, 7) is 6.20. The van der Waals surface area contributed by atoms with Gasteiger partial charge in [-0.15, -0.1) is 0 Å². The zero-order valence-electron chi connectivity index (χ0n) is 13.6. The molecular formula is C17H22N4OS. The van der Waals surface area contributed by atoms with Crippen LogP contribution in [0.4, 0.5) is 4.79 Å². The number of aryl methyl sites for hydroxylation is 2. The van der Waals surface area contributed by atoms with Crippen molar-refractivity contribution in [3.63, 3.8) is 0 Å². The number of nitrogens with zero attached hydrogens (tertiary/aromatic N) is 3. The highest BCUT2D eigenvalue weighted by atomic mass is 32.2. The monoisotopic (exact) mass is 330 g/mol. The third-order valence-electron chi connectivity index (χ3n) is 3.96. The molecule has 23 heavy (non-hydrogen) atoms. The second-order valence-corrected chi connectivity index (χ2v) is 6.95. The van der Waals surface area contributed by atoms with E-state index in [0.717, 1.165) is 47.2 Å². The van der Waals surface area contributed by atoms with E-state index in [9.17, 15) is 4.79 Å². The predicted molar refractivity (Wildman–Crippen MR) is 94.2 cm³/mol. The topological polar surface area (TPSA) is 50.2 Å². The number of carbonyl (C=O) groups excluding carboxylic acids is 1. The minimum atomic E-state index is 0.0217. The molecular weight excluding hydrogens is 308 g/mol. The summed E-state index contributed by atoms with van der Waals surface area (Å²) >= 11 is 1.90. The van der Waals surface area contributed by atoms with Gasteiger partial charge in [0.25, 0.3) is 0 Å². The van der Waals surface area contributed by atoms with Crippen LogP contribution in [0, 0.1) is 13.8 Å². The number of hydrogen-bond donors (Lipinski definition) is 1.